The molecule has 1 atom stereocenters. The summed E-state index contributed by atoms with van der Waals surface area (Å²) in [6.07, 6.45) is 3.29. The van der Waals surface area contributed by atoms with Gasteiger partial charge in [-0.3, -0.25) is 9.48 Å². The van der Waals surface area contributed by atoms with Crippen LogP contribution >= 0.6 is 23.1 Å². The lowest BCUT2D eigenvalue weighted by Gasteiger charge is -2.26. The minimum absolute atomic E-state index is 0.0926. The highest BCUT2D eigenvalue weighted by molar-refractivity contribution is 8.01. The van der Waals surface area contributed by atoms with Crippen LogP contribution in [0.25, 0.3) is 10.2 Å². The molecule has 30 heavy (non-hydrogen) atoms. The maximum absolute atomic E-state index is 12.3. The number of amides is 1. The number of hydrogen-bond donors (Lipinski definition) is 1. The molecule has 2 aromatic heterocycles. The summed E-state index contributed by atoms with van der Waals surface area (Å²) >= 11 is 3.03. The van der Waals surface area contributed by atoms with Crippen molar-refractivity contribution in [2.75, 3.05) is 17.7 Å². The zero-order valence-corrected chi connectivity index (χ0v) is 17.5. The van der Waals surface area contributed by atoms with E-state index in [9.17, 15) is 4.79 Å². The average molecular weight is 439 g/mol. The van der Waals surface area contributed by atoms with Gasteiger partial charge in [-0.1, -0.05) is 36.0 Å². The largest absolute Gasteiger partial charge is 0.486 e. The first-order valence-electron chi connectivity index (χ1n) is 9.42. The summed E-state index contributed by atoms with van der Waals surface area (Å²) in [5, 5.41) is 7.20. The van der Waals surface area contributed by atoms with Crippen LogP contribution in [0.4, 0.5) is 5.69 Å². The SMILES string of the molecule is O=C(CSc1nc2ccccc2s1)Nc1cnn(C[C@H]2COc3ccccc3O2)c1. The van der Waals surface area contributed by atoms with Gasteiger partial charge in [0.05, 0.1) is 34.4 Å². The molecule has 0 radical (unpaired) electrons. The van der Waals surface area contributed by atoms with E-state index in [0.717, 1.165) is 26.1 Å². The summed E-state index contributed by atoms with van der Waals surface area (Å²) in [4.78, 5) is 16.8. The number of nitrogens with zero attached hydrogens (tertiary/aromatic N) is 3. The molecule has 4 aromatic rings. The molecular weight excluding hydrogens is 420 g/mol. The van der Waals surface area contributed by atoms with E-state index in [2.05, 4.69) is 15.4 Å². The van der Waals surface area contributed by atoms with Crippen LogP contribution in [0, 0.1) is 0 Å². The lowest BCUT2D eigenvalue weighted by atomic mass is 10.2. The molecule has 0 bridgehead atoms. The van der Waals surface area contributed by atoms with Crippen LogP contribution in [0.1, 0.15) is 0 Å². The molecule has 0 spiro atoms. The number of carbonyl (C=O) groups excluding carboxylic acids is 1. The van der Waals surface area contributed by atoms with Crippen LogP contribution in [0.2, 0.25) is 0 Å². The Hall–Kier alpha value is -3.04. The molecule has 0 saturated carbocycles. The van der Waals surface area contributed by atoms with E-state index in [1.807, 2.05) is 48.5 Å². The van der Waals surface area contributed by atoms with Crippen molar-refractivity contribution < 1.29 is 14.3 Å². The van der Waals surface area contributed by atoms with Crippen molar-refractivity contribution in [1.82, 2.24) is 14.8 Å². The van der Waals surface area contributed by atoms with Crippen molar-refractivity contribution >= 4 is 44.9 Å². The second-order valence-electron chi connectivity index (χ2n) is 6.73. The molecule has 9 heteroatoms. The van der Waals surface area contributed by atoms with E-state index in [4.69, 9.17) is 9.47 Å². The number of rotatable bonds is 6. The number of fused-ring (bicyclic) bond motifs is 2. The van der Waals surface area contributed by atoms with Crippen LogP contribution < -0.4 is 14.8 Å². The highest BCUT2D eigenvalue weighted by Gasteiger charge is 2.21. The molecule has 1 N–H and O–H groups in total. The molecule has 0 fully saturated rings. The zero-order valence-electron chi connectivity index (χ0n) is 15.9. The smallest absolute Gasteiger partial charge is 0.234 e. The Labute approximate surface area is 181 Å². The standard InChI is InChI=1S/C21H18N4O3S2/c26-20(13-29-21-24-16-5-1-4-8-19(16)30-21)23-14-9-22-25(10-14)11-15-12-27-17-6-2-3-7-18(17)28-15/h1-10,15H,11-13H2,(H,23,26)/t15-/m0/s1. The van der Waals surface area contributed by atoms with Gasteiger partial charge in [0.2, 0.25) is 5.91 Å². The Balaban J connectivity index is 1.13. The van der Waals surface area contributed by atoms with Crippen molar-refractivity contribution in [3.63, 3.8) is 0 Å². The summed E-state index contributed by atoms with van der Waals surface area (Å²) in [5.74, 6) is 1.69. The van der Waals surface area contributed by atoms with E-state index in [-0.39, 0.29) is 12.0 Å². The fourth-order valence-corrected chi connectivity index (χ4v) is 5.00. The maximum Gasteiger partial charge on any atom is 0.234 e. The number of para-hydroxylation sites is 3. The summed E-state index contributed by atoms with van der Waals surface area (Å²) < 4.78 is 15.4. The van der Waals surface area contributed by atoms with E-state index < -0.39 is 0 Å². The molecule has 1 aliphatic rings. The Kier molecular flexibility index (Phi) is 5.29. The van der Waals surface area contributed by atoms with Crippen LogP contribution in [0.15, 0.2) is 65.3 Å². The van der Waals surface area contributed by atoms with E-state index in [0.29, 0.717) is 24.6 Å². The van der Waals surface area contributed by atoms with E-state index >= 15 is 0 Å². The summed E-state index contributed by atoms with van der Waals surface area (Å²) in [5.41, 5.74) is 1.62. The summed E-state index contributed by atoms with van der Waals surface area (Å²) in [6, 6.07) is 15.6. The predicted octanol–water partition coefficient (Wildman–Crippen LogP) is 4.06. The number of aromatic nitrogens is 3. The molecule has 0 saturated heterocycles. The van der Waals surface area contributed by atoms with Crippen LogP contribution in [0.3, 0.4) is 0 Å². The van der Waals surface area contributed by atoms with Crippen molar-refractivity contribution in [1.29, 1.82) is 0 Å². The highest BCUT2D eigenvalue weighted by atomic mass is 32.2. The predicted molar refractivity (Wildman–Crippen MR) is 118 cm³/mol. The van der Waals surface area contributed by atoms with Gasteiger partial charge in [-0.25, -0.2) is 4.98 Å². The van der Waals surface area contributed by atoms with E-state index in [1.165, 1.54) is 11.8 Å². The fraction of sp³-hybridized carbons (Fsp3) is 0.190. The van der Waals surface area contributed by atoms with Crippen LogP contribution in [-0.2, 0) is 11.3 Å². The van der Waals surface area contributed by atoms with Gasteiger partial charge in [-0.2, -0.15) is 5.10 Å². The van der Waals surface area contributed by atoms with Gasteiger partial charge in [0.15, 0.2) is 21.9 Å². The number of carbonyl (C=O) groups is 1. The average Bonchev–Trinajstić information content (AvgIpc) is 3.38. The number of nitrogens with one attached hydrogen (secondary N) is 1. The van der Waals surface area contributed by atoms with Crippen molar-refractivity contribution in [2.24, 2.45) is 0 Å². The molecule has 0 aliphatic carbocycles. The number of thiazole rings is 1. The molecule has 2 aromatic carbocycles. The molecule has 5 rings (SSSR count). The first kappa shape index (κ1) is 19.0. The minimum atomic E-state index is -0.141. The zero-order chi connectivity index (χ0) is 20.3. The van der Waals surface area contributed by atoms with Crippen LogP contribution in [0.5, 0.6) is 11.5 Å². The van der Waals surface area contributed by atoms with Crippen molar-refractivity contribution in [2.45, 2.75) is 17.0 Å². The Morgan fingerprint density at radius 3 is 2.93 bits per heavy atom. The van der Waals surface area contributed by atoms with Gasteiger partial charge in [-0.15, -0.1) is 11.3 Å². The van der Waals surface area contributed by atoms with Crippen LogP contribution in [-0.4, -0.2) is 39.1 Å². The van der Waals surface area contributed by atoms with E-state index in [1.54, 1.807) is 28.4 Å². The molecule has 0 unspecified atom stereocenters. The topological polar surface area (TPSA) is 78.3 Å². The first-order valence-corrected chi connectivity index (χ1v) is 11.2. The normalized spacial score (nSPS) is 15.3. The lowest BCUT2D eigenvalue weighted by molar-refractivity contribution is -0.113. The van der Waals surface area contributed by atoms with Gasteiger partial charge < -0.3 is 14.8 Å². The maximum atomic E-state index is 12.3. The van der Waals surface area contributed by atoms with Gasteiger partial charge in [-0.05, 0) is 24.3 Å². The number of ether oxygens (including phenoxy) is 2. The third-order valence-corrected chi connectivity index (χ3v) is 6.66. The third kappa shape index (κ3) is 4.27. The molecule has 1 amide bonds. The second-order valence-corrected chi connectivity index (χ2v) is 8.99. The molecule has 152 valence electrons. The van der Waals surface area contributed by atoms with Crippen molar-refractivity contribution in [3.05, 3.63) is 60.9 Å². The fourth-order valence-electron chi connectivity index (χ4n) is 3.13. The molecule has 3 heterocycles. The minimum Gasteiger partial charge on any atom is -0.486 e. The Morgan fingerprint density at radius 1 is 1.20 bits per heavy atom. The number of thioether (sulfide) groups is 1. The third-order valence-electron chi connectivity index (χ3n) is 4.48. The van der Waals surface area contributed by atoms with Gasteiger partial charge in [0, 0.05) is 6.20 Å². The first-order chi connectivity index (χ1) is 14.7. The number of anilines is 1. The quantitative estimate of drug-likeness (QED) is 0.458. The number of benzene rings is 2. The monoisotopic (exact) mass is 438 g/mol. The molecule has 7 nitrogen and oxygen atoms in total. The molecule has 1 aliphatic heterocycles. The van der Waals surface area contributed by atoms with Gasteiger partial charge in [0.1, 0.15) is 6.61 Å². The Morgan fingerprint density at radius 2 is 2.03 bits per heavy atom. The van der Waals surface area contributed by atoms with Gasteiger partial charge in [0.25, 0.3) is 0 Å². The second kappa shape index (κ2) is 8.37. The van der Waals surface area contributed by atoms with Crippen molar-refractivity contribution in [3.8, 4) is 11.5 Å². The summed E-state index contributed by atoms with van der Waals surface area (Å²) in [6.45, 7) is 0.988. The lowest BCUT2D eigenvalue weighted by Crippen LogP contribution is -2.33. The molecular formula is C21H18N4O3S2. The number of hydrogen-bond acceptors (Lipinski definition) is 7. The summed E-state index contributed by atoms with van der Waals surface area (Å²) in [7, 11) is 0. The Bertz CT molecular complexity index is 1160. The highest BCUT2D eigenvalue weighted by Crippen LogP contribution is 2.31. The van der Waals surface area contributed by atoms with Gasteiger partial charge >= 0.3 is 0 Å².